The van der Waals surface area contributed by atoms with Crippen molar-refractivity contribution in [2.24, 2.45) is 0 Å². The molecule has 31 heavy (non-hydrogen) atoms. The number of hydrogen-bond donors (Lipinski definition) is 0. The number of pyridine rings is 1. The Morgan fingerprint density at radius 1 is 1.42 bits per heavy atom. The second-order valence-corrected chi connectivity index (χ2v) is 9.04. The molecule has 2 fully saturated rings. The van der Waals surface area contributed by atoms with Gasteiger partial charge in [-0.15, -0.1) is 0 Å². The number of benzene rings is 1. The van der Waals surface area contributed by atoms with E-state index in [-0.39, 0.29) is 25.4 Å². The Morgan fingerprint density at radius 2 is 2.23 bits per heavy atom. The van der Waals surface area contributed by atoms with Crippen LogP contribution < -0.4 is 4.74 Å². The fraction of sp³-hybridized carbons (Fsp3) is 0.478. The molecule has 1 aromatic carbocycles. The molecule has 2 atom stereocenters. The highest BCUT2D eigenvalue weighted by atomic mass is 35.5. The Bertz CT molecular complexity index is 980. The highest BCUT2D eigenvalue weighted by molar-refractivity contribution is 6.31. The maximum absolute atomic E-state index is 13.7. The van der Waals surface area contributed by atoms with E-state index in [1.165, 1.54) is 13.8 Å². The first-order chi connectivity index (χ1) is 14.7. The summed E-state index contributed by atoms with van der Waals surface area (Å²) >= 11 is 6.39. The quantitative estimate of drug-likeness (QED) is 0.683. The minimum Gasteiger partial charge on any atom is -0.490 e. The Balaban J connectivity index is 1.49. The summed E-state index contributed by atoms with van der Waals surface area (Å²) in [5.41, 5.74) is -0.198. The molecule has 0 radical (unpaired) electrons. The summed E-state index contributed by atoms with van der Waals surface area (Å²) in [4.78, 5) is 19.4. The Labute approximate surface area is 186 Å². The van der Waals surface area contributed by atoms with Crippen molar-refractivity contribution in [1.29, 1.82) is 0 Å². The van der Waals surface area contributed by atoms with Crippen molar-refractivity contribution in [2.75, 3.05) is 26.5 Å². The van der Waals surface area contributed by atoms with Crippen LogP contribution in [0.15, 0.2) is 36.5 Å². The molecule has 2 aliphatic rings. The van der Waals surface area contributed by atoms with Gasteiger partial charge in [-0.25, -0.2) is 4.39 Å². The maximum atomic E-state index is 13.7. The molecule has 2 aromatic rings. The van der Waals surface area contributed by atoms with Gasteiger partial charge >= 0.3 is 0 Å². The van der Waals surface area contributed by atoms with Gasteiger partial charge in [0.15, 0.2) is 0 Å². The number of rotatable bonds is 5. The van der Waals surface area contributed by atoms with E-state index >= 15 is 0 Å². The summed E-state index contributed by atoms with van der Waals surface area (Å²) in [6.07, 6.45) is 1.86. The predicted octanol–water partition coefficient (Wildman–Crippen LogP) is 4.28. The van der Waals surface area contributed by atoms with Crippen molar-refractivity contribution in [3.63, 3.8) is 0 Å². The lowest BCUT2D eigenvalue weighted by Gasteiger charge is -2.41. The Kier molecular flexibility index (Phi) is 5.94. The summed E-state index contributed by atoms with van der Waals surface area (Å²) in [5.74, 6) is 0.467. The number of aromatic nitrogens is 1. The van der Waals surface area contributed by atoms with Crippen molar-refractivity contribution in [3.05, 3.63) is 58.4 Å². The topological polar surface area (TPSA) is 60.9 Å². The molecule has 0 saturated carbocycles. The highest BCUT2D eigenvalue weighted by Crippen LogP contribution is 2.44. The summed E-state index contributed by atoms with van der Waals surface area (Å²) in [6.45, 7) is 5.71. The second kappa shape index (κ2) is 8.37. The third kappa shape index (κ3) is 4.40. The zero-order valence-corrected chi connectivity index (χ0v) is 18.6. The summed E-state index contributed by atoms with van der Waals surface area (Å²) in [6, 6.07) is 8.75. The minimum absolute atomic E-state index is 0.0512. The van der Waals surface area contributed by atoms with Crippen LogP contribution in [0.5, 0.6) is 5.75 Å². The molecular weight excluding hydrogens is 423 g/mol. The van der Waals surface area contributed by atoms with Crippen molar-refractivity contribution in [1.82, 2.24) is 9.88 Å². The lowest BCUT2D eigenvalue weighted by molar-refractivity contribution is -0.0469. The first kappa shape index (κ1) is 22.0. The first-order valence-corrected chi connectivity index (χ1v) is 10.7. The standard InChI is InChI=1S/C23H26ClFN2O4/c1-15-11-16(6-7-18(15)29-13-22(2,3)25)21(28)27-10-8-23(19(12-27)30-14-31-23)20-17(24)5-4-9-26-20/h4-7,9,11,19H,8,10,12-14H2,1-3H3/t19?,23-/m0/s1. The average molecular weight is 449 g/mol. The average Bonchev–Trinajstić information content (AvgIpc) is 3.16. The van der Waals surface area contributed by atoms with Crippen LogP contribution in [0.25, 0.3) is 0 Å². The molecule has 1 aromatic heterocycles. The molecule has 4 rings (SSSR count). The van der Waals surface area contributed by atoms with Crippen LogP contribution in [-0.4, -0.2) is 54.1 Å². The molecule has 6 nitrogen and oxygen atoms in total. The number of halogens is 2. The number of amides is 1. The zero-order valence-electron chi connectivity index (χ0n) is 17.9. The second-order valence-electron chi connectivity index (χ2n) is 8.63. The molecule has 0 aliphatic carbocycles. The molecule has 2 saturated heterocycles. The van der Waals surface area contributed by atoms with E-state index in [4.69, 9.17) is 25.8 Å². The number of ether oxygens (including phenoxy) is 3. The maximum Gasteiger partial charge on any atom is 0.253 e. The third-order valence-corrected chi connectivity index (χ3v) is 5.99. The van der Waals surface area contributed by atoms with Gasteiger partial charge in [0.2, 0.25) is 0 Å². The minimum atomic E-state index is -1.43. The number of hydrogen-bond acceptors (Lipinski definition) is 5. The van der Waals surface area contributed by atoms with E-state index < -0.39 is 11.3 Å². The molecule has 3 heterocycles. The smallest absolute Gasteiger partial charge is 0.253 e. The fourth-order valence-electron chi connectivity index (χ4n) is 4.07. The van der Waals surface area contributed by atoms with Crippen LogP contribution in [0.2, 0.25) is 5.02 Å². The molecular formula is C23H26ClFN2O4. The molecule has 8 heteroatoms. The molecule has 0 spiro atoms. The lowest BCUT2D eigenvalue weighted by Crippen LogP contribution is -2.54. The number of carbonyl (C=O) groups excluding carboxylic acids is 1. The molecule has 1 amide bonds. The molecule has 2 aliphatic heterocycles. The van der Waals surface area contributed by atoms with Crippen LogP contribution >= 0.6 is 11.6 Å². The number of piperidine rings is 1. The van der Waals surface area contributed by atoms with E-state index in [1.54, 1.807) is 41.4 Å². The van der Waals surface area contributed by atoms with Gasteiger partial charge in [0.25, 0.3) is 5.91 Å². The predicted molar refractivity (Wildman–Crippen MR) is 114 cm³/mol. The molecule has 0 bridgehead atoms. The highest BCUT2D eigenvalue weighted by Gasteiger charge is 2.53. The van der Waals surface area contributed by atoms with Gasteiger partial charge < -0.3 is 19.1 Å². The number of carbonyl (C=O) groups is 1. The lowest BCUT2D eigenvalue weighted by atomic mass is 9.84. The van der Waals surface area contributed by atoms with Gasteiger partial charge in [-0.05, 0) is 56.7 Å². The van der Waals surface area contributed by atoms with E-state index in [0.29, 0.717) is 41.5 Å². The summed E-state index contributed by atoms with van der Waals surface area (Å²) < 4.78 is 31.1. The van der Waals surface area contributed by atoms with Gasteiger partial charge in [-0.1, -0.05) is 11.6 Å². The first-order valence-electron chi connectivity index (χ1n) is 10.3. The summed E-state index contributed by atoms with van der Waals surface area (Å²) in [5, 5.41) is 0.528. The van der Waals surface area contributed by atoms with Crippen LogP contribution in [0, 0.1) is 6.92 Å². The van der Waals surface area contributed by atoms with Crippen LogP contribution in [0.1, 0.15) is 41.9 Å². The summed E-state index contributed by atoms with van der Waals surface area (Å²) in [7, 11) is 0. The Morgan fingerprint density at radius 3 is 2.94 bits per heavy atom. The van der Waals surface area contributed by atoms with Crippen molar-refractivity contribution in [2.45, 2.75) is 44.6 Å². The molecule has 1 unspecified atom stereocenters. The monoisotopic (exact) mass is 448 g/mol. The van der Waals surface area contributed by atoms with Gasteiger partial charge in [0.05, 0.1) is 17.3 Å². The number of fused-ring (bicyclic) bond motifs is 1. The fourth-order valence-corrected chi connectivity index (χ4v) is 4.35. The normalized spacial score (nSPS) is 23.5. The Hall–Kier alpha value is -2.22. The number of aryl methyl sites for hydroxylation is 1. The van der Waals surface area contributed by atoms with Crippen molar-refractivity contribution >= 4 is 17.5 Å². The van der Waals surface area contributed by atoms with Gasteiger partial charge in [0.1, 0.15) is 36.5 Å². The van der Waals surface area contributed by atoms with E-state index in [9.17, 15) is 9.18 Å². The molecule has 166 valence electrons. The van der Waals surface area contributed by atoms with Crippen LogP contribution in [0.4, 0.5) is 4.39 Å². The van der Waals surface area contributed by atoms with E-state index in [1.807, 2.05) is 6.92 Å². The third-order valence-electron chi connectivity index (χ3n) is 5.68. The van der Waals surface area contributed by atoms with E-state index in [0.717, 1.165) is 5.56 Å². The van der Waals surface area contributed by atoms with Gasteiger partial charge in [-0.3, -0.25) is 9.78 Å². The zero-order chi connectivity index (χ0) is 22.2. The number of likely N-dealkylation sites (tertiary alicyclic amines) is 1. The van der Waals surface area contributed by atoms with Crippen molar-refractivity contribution in [3.8, 4) is 5.75 Å². The largest absolute Gasteiger partial charge is 0.490 e. The van der Waals surface area contributed by atoms with Gasteiger partial charge in [-0.2, -0.15) is 0 Å². The number of nitrogens with zero attached hydrogens (tertiary/aromatic N) is 2. The van der Waals surface area contributed by atoms with Crippen LogP contribution in [-0.2, 0) is 15.1 Å². The van der Waals surface area contributed by atoms with Gasteiger partial charge in [0, 0.05) is 24.7 Å². The van der Waals surface area contributed by atoms with E-state index in [2.05, 4.69) is 4.98 Å². The molecule has 0 N–H and O–H groups in total. The SMILES string of the molecule is Cc1cc(C(=O)N2CC[C@]3(c4ncccc4Cl)OCOC3C2)ccc1OCC(C)(C)F. The number of alkyl halides is 1. The van der Waals surface area contributed by atoms with Crippen molar-refractivity contribution < 1.29 is 23.4 Å². The van der Waals surface area contributed by atoms with Crippen LogP contribution in [0.3, 0.4) is 0 Å².